The summed E-state index contributed by atoms with van der Waals surface area (Å²) in [4.78, 5) is 4.96. The first kappa shape index (κ1) is 21.4. The second-order valence-corrected chi connectivity index (χ2v) is 8.66. The Morgan fingerprint density at radius 3 is 2.38 bits per heavy atom. The van der Waals surface area contributed by atoms with Crippen LogP contribution in [-0.4, -0.2) is 44.4 Å². The fraction of sp³-hybridized carbons (Fsp3) is 0.611. The van der Waals surface area contributed by atoms with Crippen LogP contribution >= 0.6 is 24.0 Å². The first-order valence-corrected chi connectivity index (χ1v) is 10.7. The predicted molar refractivity (Wildman–Crippen MR) is 115 cm³/mol. The van der Waals surface area contributed by atoms with Gasteiger partial charge in [-0.1, -0.05) is 18.6 Å². The first-order chi connectivity index (χ1) is 12.1. The molecular weight excluding hydrogens is 463 g/mol. The Bertz CT molecular complexity index is 696. The molecule has 1 saturated carbocycles. The Hall–Kier alpha value is -0.870. The number of nitrogens with zero attached hydrogens (tertiary/aromatic N) is 2. The van der Waals surface area contributed by atoms with Crippen molar-refractivity contribution in [2.24, 2.45) is 4.99 Å². The standard InChI is InChI=1S/C18H28N4O2S.HI/c1-2-19-18(21-16-8-9-16)20-14-15-6-10-17(11-7-15)25(23,24)22-12-4-3-5-13-22;/h6-7,10-11,16H,2-5,8-9,12-14H2,1H3,(H2,19,20,21);1H. The molecule has 2 aliphatic rings. The summed E-state index contributed by atoms with van der Waals surface area (Å²) in [5.74, 6) is 0.829. The highest BCUT2D eigenvalue weighted by Crippen LogP contribution is 2.21. The lowest BCUT2D eigenvalue weighted by molar-refractivity contribution is 0.346. The van der Waals surface area contributed by atoms with Gasteiger partial charge in [-0.2, -0.15) is 4.31 Å². The summed E-state index contributed by atoms with van der Waals surface area (Å²) in [5, 5.41) is 6.62. The zero-order valence-electron chi connectivity index (χ0n) is 15.3. The zero-order valence-corrected chi connectivity index (χ0v) is 18.4. The highest BCUT2D eigenvalue weighted by atomic mass is 127. The Morgan fingerprint density at radius 1 is 1.15 bits per heavy atom. The Labute approximate surface area is 173 Å². The molecule has 1 saturated heterocycles. The van der Waals surface area contributed by atoms with Crippen molar-refractivity contribution in [2.75, 3.05) is 19.6 Å². The number of piperidine rings is 1. The van der Waals surface area contributed by atoms with Crippen LogP contribution in [0.15, 0.2) is 34.2 Å². The van der Waals surface area contributed by atoms with E-state index >= 15 is 0 Å². The maximum absolute atomic E-state index is 12.7. The number of guanidine groups is 1. The van der Waals surface area contributed by atoms with Crippen molar-refractivity contribution >= 4 is 40.0 Å². The second kappa shape index (κ2) is 9.89. The number of nitrogens with one attached hydrogen (secondary N) is 2. The normalized spacial score (nSPS) is 18.9. The van der Waals surface area contributed by atoms with Gasteiger partial charge < -0.3 is 10.6 Å². The monoisotopic (exact) mass is 492 g/mol. The number of halogens is 1. The molecule has 0 unspecified atom stereocenters. The smallest absolute Gasteiger partial charge is 0.243 e. The molecule has 0 amide bonds. The molecule has 8 heteroatoms. The fourth-order valence-corrected chi connectivity index (χ4v) is 4.45. The maximum Gasteiger partial charge on any atom is 0.243 e. The molecule has 1 aromatic carbocycles. The Kier molecular flexibility index (Phi) is 8.15. The van der Waals surface area contributed by atoms with Gasteiger partial charge in [-0.15, -0.1) is 24.0 Å². The van der Waals surface area contributed by atoms with Crippen molar-refractivity contribution < 1.29 is 8.42 Å². The third kappa shape index (κ3) is 5.82. The van der Waals surface area contributed by atoms with Gasteiger partial charge in [-0.25, -0.2) is 13.4 Å². The Balaban J connectivity index is 0.00000243. The van der Waals surface area contributed by atoms with E-state index in [-0.39, 0.29) is 24.0 Å². The number of benzene rings is 1. The third-order valence-corrected chi connectivity index (χ3v) is 6.47. The van der Waals surface area contributed by atoms with Gasteiger partial charge in [-0.3, -0.25) is 0 Å². The van der Waals surface area contributed by atoms with Gasteiger partial charge in [0.15, 0.2) is 5.96 Å². The van der Waals surface area contributed by atoms with E-state index < -0.39 is 10.0 Å². The fourth-order valence-electron chi connectivity index (χ4n) is 2.93. The number of hydrogen-bond donors (Lipinski definition) is 2. The lowest BCUT2D eigenvalue weighted by Crippen LogP contribution is -2.38. The van der Waals surface area contributed by atoms with Gasteiger partial charge in [0, 0.05) is 25.7 Å². The number of aliphatic imine (C=N–C) groups is 1. The lowest BCUT2D eigenvalue weighted by Gasteiger charge is -2.25. The minimum absolute atomic E-state index is 0. The molecule has 0 spiro atoms. The molecule has 1 heterocycles. The van der Waals surface area contributed by atoms with Crippen LogP contribution in [0.5, 0.6) is 0 Å². The molecule has 146 valence electrons. The van der Waals surface area contributed by atoms with E-state index in [2.05, 4.69) is 15.6 Å². The van der Waals surface area contributed by atoms with Crippen LogP contribution in [0.2, 0.25) is 0 Å². The van der Waals surface area contributed by atoms with Crippen LogP contribution in [0, 0.1) is 0 Å². The van der Waals surface area contributed by atoms with Gasteiger partial charge in [0.1, 0.15) is 0 Å². The SMILES string of the molecule is CCNC(=NCc1ccc(S(=O)(=O)N2CCCCC2)cc1)NC1CC1.I. The average Bonchev–Trinajstić information content (AvgIpc) is 3.45. The van der Waals surface area contributed by atoms with E-state index in [0.29, 0.717) is 30.6 Å². The molecule has 3 rings (SSSR count). The van der Waals surface area contributed by atoms with Crippen LogP contribution in [0.3, 0.4) is 0 Å². The molecule has 1 aliphatic carbocycles. The molecule has 1 aromatic rings. The van der Waals surface area contributed by atoms with E-state index in [0.717, 1.165) is 37.3 Å². The van der Waals surface area contributed by atoms with Crippen LogP contribution in [-0.2, 0) is 16.6 Å². The second-order valence-electron chi connectivity index (χ2n) is 6.72. The quantitative estimate of drug-likeness (QED) is 0.364. The van der Waals surface area contributed by atoms with E-state index in [1.54, 1.807) is 16.4 Å². The van der Waals surface area contributed by atoms with E-state index in [9.17, 15) is 8.42 Å². The molecule has 2 N–H and O–H groups in total. The average molecular weight is 492 g/mol. The number of hydrogen-bond acceptors (Lipinski definition) is 3. The molecule has 0 bridgehead atoms. The van der Waals surface area contributed by atoms with Crippen molar-refractivity contribution in [3.05, 3.63) is 29.8 Å². The minimum Gasteiger partial charge on any atom is -0.357 e. The van der Waals surface area contributed by atoms with Crippen molar-refractivity contribution in [2.45, 2.75) is 56.5 Å². The Morgan fingerprint density at radius 2 is 1.81 bits per heavy atom. The van der Waals surface area contributed by atoms with Gasteiger partial charge in [0.05, 0.1) is 11.4 Å². The summed E-state index contributed by atoms with van der Waals surface area (Å²) in [5.41, 5.74) is 1.01. The van der Waals surface area contributed by atoms with Gasteiger partial charge in [0.2, 0.25) is 10.0 Å². The minimum atomic E-state index is -3.35. The topological polar surface area (TPSA) is 73.8 Å². The molecule has 0 atom stereocenters. The van der Waals surface area contributed by atoms with Crippen molar-refractivity contribution in [3.8, 4) is 0 Å². The first-order valence-electron chi connectivity index (χ1n) is 9.23. The van der Waals surface area contributed by atoms with Crippen molar-refractivity contribution in [3.63, 3.8) is 0 Å². The lowest BCUT2D eigenvalue weighted by atomic mass is 10.2. The number of rotatable bonds is 6. The zero-order chi connectivity index (χ0) is 17.7. The summed E-state index contributed by atoms with van der Waals surface area (Å²) in [7, 11) is -3.35. The molecule has 26 heavy (non-hydrogen) atoms. The largest absolute Gasteiger partial charge is 0.357 e. The third-order valence-electron chi connectivity index (χ3n) is 4.56. The molecule has 6 nitrogen and oxygen atoms in total. The summed E-state index contributed by atoms with van der Waals surface area (Å²) in [6.07, 6.45) is 5.42. The van der Waals surface area contributed by atoms with Crippen LogP contribution in [0.4, 0.5) is 0 Å². The molecule has 0 radical (unpaired) electrons. The van der Waals surface area contributed by atoms with Gasteiger partial charge in [-0.05, 0) is 50.3 Å². The summed E-state index contributed by atoms with van der Waals surface area (Å²) < 4.78 is 26.9. The van der Waals surface area contributed by atoms with E-state index in [1.165, 1.54) is 12.8 Å². The highest BCUT2D eigenvalue weighted by Gasteiger charge is 2.25. The molecule has 1 aliphatic heterocycles. The summed E-state index contributed by atoms with van der Waals surface area (Å²) in [6.45, 7) is 4.67. The number of sulfonamides is 1. The van der Waals surface area contributed by atoms with Crippen molar-refractivity contribution in [1.29, 1.82) is 0 Å². The summed E-state index contributed by atoms with van der Waals surface area (Å²) in [6, 6.07) is 7.68. The summed E-state index contributed by atoms with van der Waals surface area (Å²) >= 11 is 0. The molecular formula is C18H29IN4O2S. The van der Waals surface area contributed by atoms with Gasteiger partial charge in [0.25, 0.3) is 0 Å². The van der Waals surface area contributed by atoms with Crippen LogP contribution in [0.1, 0.15) is 44.6 Å². The van der Waals surface area contributed by atoms with Gasteiger partial charge >= 0.3 is 0 Å². The van der Waals surface area contributed by atoms with E-state index in [1.807, 2.05) is 19.1 Å². The maximum atomic E-state index is 12.7. The van der Waals surface area contributed by atoms with Crippen LogP contribution < -0.4 is 10.6 Å². The predicted octanol–water partition coefficient (Wildman–Crippen LogP) is 2.70. The van der Waals surface area contributed by atoms with Crippen LogP contribution in [0.25, 0.3) is 0 Å². The van der Waals surface area contributed by atoms with Crippen molar-refractivity contribution in [1.82, 2.24) is 14.9 Å². The van der Waals surface area contributed by atoms with E-state index in [4.69, 9.17) is 0 Å². The molecule has 2 fully saturated rings. The highest BCUT2D eigenvalue weighted by molar-refractivity contribution is 14.0. The molecule has 0 aromatic heterocycles.